The van der Waals surface area contributed by atoms with Crippen molar-refractivity contribution in [3.8, 4) is 0 Å². The highest BCUT2D eigenvalue weighted by Gasteiger charge is 2.20. The van der Waals surface area contributed by atoms with Gasteiger partial charge in [-0.1, -0.05) is 29.8 Å². The first kappa shape index (κ1) is 13.1. The molecular formula is C15H22N2O. The van der Waals surface area contributed by atoms with Gasteiger partial charge in [0.15, 0.2) is 0 Å². The summed E-state index contributed by atoms with van der Waals surface area (Å²) in [4.78, 5) is 14.1. The molecule has 98 valence electrons. The summed E-state index contributed by atoms with van der Waals surface area (Å²) in [7, 11) is 2.10. The number of likely N-dealkylation sites (N-methyl/N-ethyl adjacent to an activating group) is 1. The Hall–Kier alpha value is -1.35. The van der Waals surface area contributed by atoms with E-state index < -0.39 is 0 Å². The van der Waals surface area contributed by atoms with Gasteiger partial charge >= 0.3 is 0 Å². The summed E-state index contributed by atoms with van der Waals surface area (Å²) >= 11 is 0. The number of nitrogens with zero attached hydrogens (tertiary/aromatic N) is 1. The molecule has 0 saturated carbocycles. The monoisotopic (exact) mass is 246 g/mol. The lowest BCUT2D eigenvalue weighted by Crippen LogP contribution is -2.36. The Bertz CT molecular complexity index is 417. The third-order valence-corrected chi connectivity index (χ3v) is 3.48. The average Bonchev–Trinajstić information content (AvgIpc) is 2.72. The molecule has 1 aromatic carbocycles. The number of carbonyl (C=O) groups is 1. The Balaban J connectivity index is 1.75. The number of rotatable bonds is 4. The van der Waals surface area contributed by atoms with Gasteiger partial charge in [-0.25, -0.2) is 0 Å². The van der Waals surface area contributed by atoms with E-state index in [-0.39, 0.29) is 5.91 Å². The van der Waals surface area contributed by atoms with Crippen LogP contribution in [0.15, 0.2) is 24.3 Å². The van der Waals surface area contributed by atoms with Crippen LogP contribution in [0.4, 0.5) is 0 Å². The number of aryl methyl sites for hydroxylation is 2. The van der Waals surface area contributed by atoms with Gasteiger partial charge in [-0.15, -0.1) is 0 Å². The number of carbonyl (C=O) groups excluding carboxylic acids is 1. The van der Waals surface area contributed by atoms with Gasteiger partial charge in [0, 0.05) is 19.0 Å². The number of hydrogen-bond acceptors (Lipinski definition) is 2. The van der Waals surface area contributed by atoms with Gasteiger partial charge in [-0.2, -0.15) is 0 Å². The molecule has 0 aromatic heterocycles. The van der Waals surface area contributed by atoms with E-state index in [2.05, 4.69) is 48.5 Å². The summed E-state index contributed by atoms with van der Waals surface area (Å²) in [5.74, 6) is 0.178. The van der Waals surface area contributed by atoms with Crippen molar-refractivity contribution in [2.45, 2.75) is 32.2 Å². The number of nitrogens with one attached hydrogen (secondary N) is 1. The lowest BCUT2D eigenvalue weighted by atomic mass is 10.1. The lowest BCUT2D eigenvalue weighted by molar-refractivity contribution is -0.121. The van der Waals surface area contributed by atoms with Crippen LogP contribution in [0.2, 0.25) is 0 Å². The molecule has 3 heteroatoms. The van der Waals surface area contributed by atoms with Crippen molar-refractivity contribution >= 4 is 5.91 Å². The first-order valence-electron chi connectivity index (χ1n) is 6.67. The fraction of sp³-hybridized carbons (Fsp3) is 0.533. The van der Waals surface area contributed by atoms with Crippen LogP contribution in [-0.4, -0.2) is 37.0 Å². The van der Waals surface area contributed by atoms with E-state index in [1.807, 2.05) is 0 Å². The maximum atomic E-state index is 11.8. The molecule has 1 heterocycles. The number of hydrogen-bond donors (Lipinski definition) is 1. The summed E-state index contributed by atoms with van der Waals surface area (Å²) < 4.78 is 0. The topological polar surface area (TPSA) is 32.3 Å². The Morgan fingerprint density at radius 2 is 2.33 bits per heavy atom. The van der Waals surface area contributed by atoms with E-state index in [0.717, 1.165) is 25.9 Å². The fourth-order valence-corrected chi connectivity index (χ4v) is 2.48. The van der Waals surface area contributed by atoms with Crippen LogP contribution < -0.4 is 5.32 Å². The van der Waals surface area contributed by atoms with Gasteiger partial charge < -0.3 is 10.2 Å². The van der Waals surface area contributed by atoms with Crippen LogP contribution in [0, 0.1) is 6.92 Å². The largest absolute Gasteiger partial charge is 0.352 e. The van der Waals surface area contributed by atoms with Crippen LogP contribution in [0.3, 0.4) is 0 Å². The predicted molar refractivity (Wildman–Crippen MR) is 73.5 cm³/mol. The second-order valence-electron chi connectivity index (χ2n) is 5.30. The van der Waals surface area contributed by atoms with E-state index in [0.29, 0.717) is 12.5 Å². The summed E-state index contributed by atoms with van der Waals surface area (Å²) in [6, 6.07) is 8.71. The maximum absolute atomic E-state index is 11.8. The van der Waals surface area contributed by atoms with Crippen LogP contribution in [0.1, 0.15) is 24.0 Å². The van der Waals surface area contributed by atoms with Crippen LogP contribution in [0.5, 0.6) is 0 Å². The highest BCUT2D eigenvalue weighted by molar-refractivity contribution is 5.76. The lowest BCUT2D eigenvalue weighted by Gasteiger charge is -2.12. The molecule has 1 N–H and O–H groups in total. The summed E-state index contributed by atoms with van der Waals surface area (Å²) in [5, 5.41) is 3.11. The summed E-state index contributed by atoms with van der Waals surface area (Å²) in [6.07, 6.45) is 2.49. The van der Waals surface area contributed by atoms with Crippen LogP contribution >= 0.6 is 0 Å². The van der Waals surface area contributed by atoms with Gasteiger partial charge in [0.2, 0.25) is 5.91 Å². The zero-order valence-corrected chi connectivity index (χ0v) is 11.3. The minimum Gasteiger partial charge on any atom is -0.352 e. The molecule has 0 radical (unpaired) electrons. The van der Waals surface area contributed by atoms with Crippen molar-refractivity contribution in [3.63, 3.8) is 0 Å². The zero-order valence-electron chi connectivity index (χ0n) is 11.3. The first-order valence-corrected chi connectivity index (χ1v) is 6.67. The SMILES string of the molecule is Cc1cccc(CCC(=O)NC2CCN(C)C2)c1. The third-order valence-electron chi connectivity index (χ3n) is 3.48. The molecule has 1 unspecified atom stereocenters. The first-order chi connectivity index (χ1) is 8.63. The Labute approximate surface area is 109 Å². The van der Waals surface area contributed by atoms with Crippen molar-refractivity contribution < 1.29 is 4.79 Å². The molecule has 0 spiro atoms. The van der Waals surface area contributed by atoms with Gasteiger partial charge in [0.1, 0.15) is 0 Å². The molecule has 1 fully saturated rings. The molecular weight excluding hydrogens is 224 g/mol. The fourth-order valence-electron chi connectivity index (χ4n) is 2.48. The molecule has 1 aliphatic rings. The van der Waals surface area contributed by atoms with Gasteiger partial charge in [0.25, 0.3) is 0 Å². The van der Waals surface area contributed by atoms with E-state index >= 15 is 0 Å². The number of amides is 1. The molecule has 1 atom stereocenters. The van der Waals surface area contributed by atoms with Crippen LogP contribution in [-0.2, 0) is 11.2 Å². The van der Waals surface area contributed by atoms with E-state index in [1.54, 1.807) is 0 Å². The number of likely N-dealkylation sites (tertiary alicyclic amines) is 1. The normalized spacial score (nSPS) is 20.0. The van der Waals surface area contributed by atoms with E-state index in [9.17, 15) is 4.79 Å². The van der Waals surface area contributed by atoms with Crippen molar-refractivity contribution in [1.82, 2.24) is 10.2 Å². The Kier molecular flexibility index (Phi) is 4.37. The molecule has 1 saturated heterocycles. The molecule has 0 bridgehead atoms. The van der Waals surface area contributed by atoms with E-state index in [4.69, 9.17) is 0 Å². The molecule has 1 aromatic rings. The molecule has 1 aliphatic heterocycles. The summed E-state index contributed by atoms with van der Waals surface area (Å²) in [6.45, 7) is 4.15. The minimum absolute atomic E-state index is 0.178. The average molecular weight is 246 g/mol. The standard InChI is InChI=1S/C15H22N2O/c1-12-4-3-5-13(10-12)6-7-15(18)16-14-8-9-17(2)11-14/h3-5,10,14H,6-9,11H2,1-2H3,(H,16,18). The molecule has 3 nitrogen and oxygen atoms in total. The predicted octanol–water partition coefficient (Wildman–Crippen LogP) is 1.75. The zero-order chi connectivity index (χ0) is 13.0. The molecule has 1 amide bonds. The van der Waals surface area contributed by atoms with Gasteiger partial charge in [-0.3, -0.25) is 4.79 Å². The third kappa shape index (κ3) is 3.84. The van der Waals surface area contributed by atoms with E-state index in [1.165, 1.54) is 11.1 Å². The Morgan fingerprint density at radius 3 is 3.00 bits per heavy atom. The van der Waals surface area contributed by atoms with Crippen molar-refractivity contribution in [2.75, 3.05) is 20.1 Å². The highest BCUT2D eigenvalue weighted by atomic mass is 16.1. The smallest absolute Gasteiger partial charge is 0.220 e. The van der Waals surface area contributed by atoms with Crippen molar-refractivity contribution in [1.29, 1.82) is 0 Å². The minimum atomic E-state index is 0.178. The number of benzene rings is 1. The van der Waals surface area contributed by atoms with Gasteiger partial charge in [-0.05, 0) is 38.9 Å². The second kappa shape index (κ2) is 6.01. The highest BCUT2D eigenvalue weighted by Crippen LogP contribution is 2.08. The Morgan fingerprint density at radius 1 is 1.50 bits per heavy atom. The second-order valence-corrected chi connectivity index (χ2v) is 5.30. The van der Waals surface area contributed by atoms with Crippen LogP contribution in [0.25, 0.3) is 0 Å². The maximum Gasteiger partial charge on any atom is 0.220 e. The van der Waals surface area contributed by atoms with Crippen molar-refractivity contribution in [2.24, 2.45) is 0 Å². The summed E-state index contributed by atoms with van der Waals surface area (Å²) in [5.41, 5.74) is 2.50. The quantitative estimate of drug-likeness (QED) is 0.878. The van der Waals surface area contributed by atoms with Crippen molar-refractivity contribution in [3.05, 3.63) is 35.4 Å². The molecule has 0 aliphatic carbocycles. The molecule has 18 heavy (non-hydrogen) atoms. The van der Waals surface area contributed by atoms with Gasteiger partial charge in [0.05, 0.1) is 0 Å². The molecule has 2 rings (SSSR count).